The Morgan fingerprint density at radius 3 is 2.44 bits per heavy atom. The topological polar surface area (TPSA) is 0 Å². The van der Waals surface area contributed by atoms with Gasteiger partial charge in [0.25, 0.3) is 0 Å². The van der Waals surface area contributed by atoms with Crippen molar-refractivity contribution in [2.45, 2.75) is 32.0 Å². The molecule has 1 aromatic carbocycles. The molecule has 0 spiro atoms. The maximum absolute atomic E-state index is 13.3. The largest absolute Gasteiger partial charge is 0.205 e. The second-order valence-corrected chi connectivity index (χ2v) is 6.32. The molecular formula is C13H17BrClF. The van der Waals surface area contributed by atoms with Crippen molar-refractivity contribution in [1.82, 2.24) is 0 Å². The third kappa shape index (κ3) is 3.46. The molecule has 1 aromatic rings. The summed E-state index contributed by atoms with van der Waals surface area (Å²) in [7, 11) is 0. The first kappa shape index (κ1) is 14.0. The molecular weight excluding hydrogens is 290 g/mol. The Kier molecular flexibility index (Phi) is 5.26. The van der Waals surface area contributed by atoms with E-state index < -0.39 is 0 Å². The first-order chi connectivity index (χ1) is 7.43. The van der Waals surface area contributed by atoms with E-state index in [-0.39, 0.29) is 10.8 Å². The first-order valence-electron chi connectivity index (χ1n) is 5.50. The van der Waals surface area contributed by atoms with Crippen molar-refractivity contribution in [3.8, 4) is 0 Å². The van der Waals surface area contributed by atoms with Crippen LogP contribution in [-0.4, -0.2) is 4.83 Å². The predicted octanol–water partition coefficient (Wildman–Crippen LogP) is 5.08. The monoisotopic (exact) mass is 306 g/mol. The van der Waals surface area contributed by atoms with Gasteiger partial charge in [-0.05, 0) is 29.9 Å². The van der Waals surface area contributed by atoms with Crippen molar-refractivity contribution < 1.29 is 4.39 Å². The van der Waals surface area contributed by atoms with E-state index in [1.807, 2.05) is 6.07 Å². The Labute approximate surface area is 110 Å². The van der Waals surface area contributed by atoms with Crippen molar-refractivity contribution in [3.05, 3.63) is 34.6 Å². The van der Waals surface area contributed by atoms with Gasteiger partial charge in [-0.3, -0.25) is 0 Å². The van der Waals surface area contributed by atoms with E-state index in [0.29, 0.717) is 16.7 Å². The summed E-state index contributed by atoms with van der Waals surface area (Å²) in [6.07, 6.45) is 0.806. The van der Waals surface area contributed by atoms with Crippen molar-refractivity contribution >= 4 is 27.5 Å². The van der Waals surface area contributed by atoms with E-state index in [1.165, 1.54) is 6.07 Å². The molecule has 0 saturated heterocycles. The molecule has 0 N–H and O–H groups in total. The summed E-state index contributed by atoms with van der Waals surface area (Å²) < 4.78 is 13.3. The third-order valence-corrected chi connectivity index (χ3v) is 4.04. The smallest absolute Gasteiger partial charge is 0.142 e. The third-order valence-electron chi connectivity index (χ3n) is 2.93. The minimum atomic E-state index is -0.330. The number of hydrogen-bond donors (Lipinski definition) is 0. The van der Waals surface area contributed by atoms with Gasteiger partial charge in [-0.15, -0.1) is 0 Å². The summed E-state index contributed by atoms with van der Waals surface area (Å²) in [5.41, 5.74) is 0.895. The molecule has 16 heavy (non-hydrogen) atoms. The summed E-state index contributed by atoms with van der Waals surface area (Å²) >= 11 is 9.56. The predicted molar refractivity (Wildman–Crippen MR) is 71.8 cm³/mol. The van der Waals surface area contributed by atoms with E-state index in [2.05, 4.69) is 36.7 Å². The number of benzene rings is 1. The maximum atomic E-state index is 13.3. The van der Waals surface area contributed by atoms with Gasteiger partial charge >= 0.3 is 0 Å². The SMILES string of the molecule is CC(C)C(Cc1cccc(F)c1Cl)C(C)Br. The molecule has 1 rings (SSSR count). The Bertz CT molecular complexity index is 342. The molecule has 0 amide bonds. The van der Waals surface area contributed by atoms with Crippen LogP contribution < -0.4 is 0 Å². The summed E-state index contributed by atoms with van der Waals surface area (Å²) in [4.78, 5) is 0.395. The molecule has 0 aliphatic heterocycles. The van der Waals surface area contributed by atoms with Gasteiger partial charge in [-0.25, -0.2) is 4.39 Å². The highest BCUT2D eigenvalue weighted by atomic mass is 79.9. The second-order valence-electron chi connectivity index (χ2n) is 4.50. The lowest BCUT2D eigenvalue weighted by Crippen LogP contribution is -2.20. The standard InChI is InChI=1S/C13H17BrClF/c1-8(2)11(9(3)14)7-10-5-4-6-12(16)13(10)15/h4-6,8-9,11H,7H2,1-3H3. The molecule has 90 valence electrons. The van der Waals surface area contributed by atoms with Gasteiger partial charge in [0.1, 0.15) is 5.82 Å². The molecule has 0 heterocycles. The van der Waals surface area contributed by atoms with Crippen LogP contribution in [0.2, 0.25) is 5.02 Å². The molecule has 0 radical (unpaired) electrons. The fourth-order valence-corrected chi connectivity index (χ4v) is 2.89. The zero-order chi connectivity index (χ0) is 12.3. The second kappa shape index (κ2) is 6.02. The molecule has 0 saturated carbocycles. The van der Waals surface area contributed by atoms with Crippen LogP contribution in [0.4, 0.5) is 4.39 Å². The van der Waals surface area contributed by atoms with Gasteiger partial charge in [0.05, 0.1) is 5.02 Å². The van der Waals surface area contributed by atoms with E-state index in [1.54, 1.807) is 6.07 Å². The highest BCUT2D eigenvalue weighted by Crippen LogP contribution is 2.29. The lowest BCUT2D eigenvalue weighted by atomic mass is 9.87. The van der Waals surface area contributed by atoms with Crippen molar-refractivity contribution in [2.75, 3.05) is 0 Å². The van der Waals surface area contributed by atoms with Gasteiger partial charge < -0.3 is 0 Å². The van der Waals surface area contributed by atoms with Crippen molar-refractivity contribution in [3.63, 3.8) is 0 Å². The van der Waals surface area contributed by atoms with Crippen LogP contribution in [0.1, 0.15) is 26.3 Å². The minimum Gasteiger partial charge on any atom is -0.205 e. The molecule has 0 aliphatic rings. The summed E-state index contributed by atoms with van der Waals surface area (Å²) in [6, 6.07) is 5.01. The van der Waals surface area contributed by atoms with Crippen LogP contribution in [0, 0.1) is 17.7 Å². The fraction of sp³-hybridized carbons (Fsp3) is 0.538. The van der Waals surface area contributed by atoms with Gasteiger partial charge in [0.2, 0.25) is 0 Å². The fourth-order valence-electron chi connectivity index (χ4n) is 1.89. The zero-order valence-electron chi connectivity index (χ0n) is 9.81. The molecule has 0 bridgehead atoms. The zero-order valence-corrected chi connectivity index (χ0v) is 12.1. The number of hydrogen-bond acceptors (Lipinski definition) is 0. The lowest BCUT2D eigenvalue weighted by molar-refractivity contribution is 0.383. The highest BCUT2D eigenvalue weighted by molar-refractivity contribution is 9.09. The van der Waals surface area contributed by atoms with Gasteiger partial charge in [0.15, 0.2) is 0 Å². The van der Waals surface area contributed by atoms with Crippen LogP contribution in [0.3, 0.4) is 0 Å². The molecule has 0 aromatic heterocycles. The number of rotatable bonds is 4. The van der Waals surface area contributed by atoms with Crippen LogP contribution in [0.15, 0.2) is 18.2 Å². The van der Waals surface area contributed by atoms with Crippen molar-refractivity contribution in [2.24, 2.45) is 11.8 Å². The van der Waals surface area contributed by atoms with E-state index in [4.69, 9.17) is 11.6 Å². The van der Waals surface area contributed by atoms with Gasteiger partial charge in [-0.2, -0.15) is 0 Å². The quantitative estimate of drug-likeness (QED) is 0.681. The van der Waals surface area contributed by atoms with Crippen LogP contribution >= 0.6 is 27.5 Å². The van der Waals surface area contributed by atoms with Crippen LogP contribution in [0.5, 0.6) is 0 Å². The molecule has 0 aliphatic carbocycles. The van der Waals surface area contributed by atoms with E-state index in [0.717, 1.165) is 12.0 Å². The summed E-state index contributed by atoms with van der Waals surface area (Å²) in [6.45, 7) is 6.48. The maximum Gasteiger partial charge on any atom is 0.142 e. The molecule has 3 heteroatoms. The van der Waals surface area contributed by atoms with Gasteiger partial charge in [-0.1, -0.05) is 60.4 Å². The first-order valence-corrected chi connectivity index (χ1v) is 6.79. The average Bonchev–Trinajstić information content (AvgIpc) is 2.19. The Hall–Kier alpha value is -0.0800. The van der Waals surface area contributed by atoms with E-state index >= 15 is 0 Å². The highest BCUT2D eigenvalue weighted by Gasteiger charge is 2.20. The van der Waals surface area contributed by atoms with Crippen LogP contribution in [0.25, 0.3) is 0 Å². The van der Waals surface area contributed by atoms with E-state index in [9.17, 15) is 4.39 Å². The molecule has 2 atom stereocenters. The molecule has 2 unspecified atom stereocenters. The lowest BCUT2D eigenvalue weighted by Gasteiger charge is -2.24. The summed E-state index contributed by atoms with van der Waals surface area (Å²) in [5, 5.41) is 0.265. The van der Waals surface area contributed by atoms with Gasteiger partial charge in [0, 0.05) is 4.83 Å². The minimum absolute atomic E-state index is 0.265. The summed E-state index contributed by atoms with van der Waals surface area (Å²) in [5.74, 6) is 0.664. The molecule has 0 fully saturated rings. The van der Waals surface area contributed by atoms with Crippen LogP contribution in [-0.2, 0) is 6.42 Å². The number of halogens is 3. The normalized spacial score (nSPS) is 15.2. The Balaban J connectivity index is 2.90. The number of alkyl halides is 1. The Morgan fingerprint density at radius 1 is 1.31 bits per heavy atom. The Morgan fingerprint density at radius 2 is 1.94 bits per heavy atom. The molecule has 0 nitrogen and oxygen atoms in total. The van der Waals surface area contributed by atoms with Crippen molar-refractivity contribution in [1.29, 1.82) is 0 Å². The average molecular weight is 308 g/mol.